The molecule has 3 nitrogen and oxygen atoms in total. The van der Waals surface area contributed by atoms with Gasteiger partial charge in [-0.2, -0.15) is 0 Å². The van der Waals surface area contributed by atoms with Crippen LogP contribution in [-0.4, -0.2) is 17.8 Å². The van der Waals surface area contributed by atoms with Gasteiger partial charge in [0.15, 0.2) is 5.78 Å². The first kappa shape index (κ1) is 14.7. The maximum absolute atomic E-state index is 13.0. The molecule has 0 bridgehead atoms. The molecule has 1 aromatic heterocycles. The first-order chi connectivity index (χ1) is 9.47. The number of hydrogen-bond donors (Lipinski definition) is 0. The largest absolute Gasteiger partial charge is 0.355 e. The zero-order chi connectivity index (χ0) is 14.7. The van der Waals surface area contributed by atoms with E-state index in [1.54, 1.807) is 24.4 Å². The Kier molecular flexibility index (Phi) is 4.49. The lowest BCUT2D eigenvalue weighted by molar-refractivity contribution is 0.101. The van der Waals surface area contributed by atoms with Gasteiger partial charge in [0, 0.05) is 29.8 Å². The van der Waals surface area contributed by atoms with Crippen LogP contribution in [0, 0.1) is 5.82 Å². The zero-order valence-electron chi connectivity index (χ0n) is 11.2. The summed E-state index contributed by atoms with van der Waals surface area (Å²) in [6, 6.07) is 8.16. The number of anilines is 1. The highest BCUT2D eigenvalue weighted by Gasteiger charge is 2.08. The molecule has 104 valence electrons. The lowest BCUT2D eigenvalue weighted by Crippen LogP contribution is -2.18. The van der Waals surface area contributed by atoms with Gasteiger partial charge in [-0.1, -0.05) is 22.0 Å². The van der Waals surface area contributed by atoms with Crippen LogP contribution in [0.15, 0.2) is 41.0 Å². The van der Waals surface area contributed by atoms with E-state index in [0.717, 1.165) is 15.9 Å². The molecule has 2 aromatic rings. The van der Waals surface area contributed by atoms with Crippen LogP contribution < -0.4 is 4.90 Å². The Labute approximate surface area is 125 Å². The fraction of sp³-hybridized carbons (Fsp3) is 0.200. The van der Waals surface area contributed by atoms with Crippen molar-refractivity contribution in [3.05, 3.63) is 57.9 Å². The number of halogens is 2. The fourth-order valence-corrected chi connectivity index (χ4v) is 2.28. The van der Waals surface area contributed by atoms with Crippen molar-refractivity contribution in [1.29, 1.82) is 0 Å². The summed E-state index contributed by atoms with van der Waals surface area (Å²) in [5.74, 6) is 0.478. The second-order valence-corrected chi connectivity index (χ2v) is 5.41. The van der Waals surface area contributed by atoms with E-state index in [4.69, 9.17) is 0 Å². The molecule has 0 amide bonds. The van der Waals surface area contributed by atoms with Gasteiger partial charge in [-0.25, -0.2) is 9.37 Å². The van der Waals surface area contributed by atoms with E-state index in [9.17, 15) is 9.18 Å². The summed E-state index contributed by atoms with van der Waals surface area (Å²) in [5, 5.41) is 0. The minimum atomic E-state index is -0.271. The maximum atomic E-state index is 13.0. The molecule has 0 fully saturated rings. The van der Waals surface area contributed by atoms with Crippen molar-refractivity contribution in [2.75, 3.05) is 11.9 Å². The SMILES string of the molecule is CC(=O)c1ccc(N(C)Cc2ccc(F)cc2Br)nc1. The van der Waals surface area contributed by atoms with E-state index in [1.807, 2.05) is 11.9 Å². The molecule has 1 aromatic carbocycles. The first-order valence-electron chi connectivity index (χ1n) is 6.09. The standard InChI is InChI=1S/C15H14BrFN2O/c1-10(20)11-4-6-15(18-8-11)19(2)9-12-3-5-13(17)7-14(12)16/h3-8H,9H2,1-2H3. The number of aromatic nitrogens is 1. The van der Waals surface area contributed by atoms with Crippen molar-refractivity contribution in [1.82, 2.24) is 4.98 Å². The van der Waals surface area contributed by atoms with Gasteiger partial charge in [-0.3, -0.25) is 4.79 Å². The number of ketones is 1. The van der Waals surface area contributed by atoms with E-state index in [2.05, 4.69) is 20.9 Å². The van der Waals surface area contributed by atoms with Crippen LogP contribution >= 0.6 is 15.9 Å². The van der Waals surface area contributed by atoms with Crippen LogP contribution in [0.5, 0.6) is 0 Å². The Bertz CT molecular complexity index is 628. The normalized spacial score (nSPS) is 10.4. The molecule has 5 heteroatoms. The molecule has 0 saturated heterocycles. The number of nitrogens with zero attached hydrogens (tertiary/aromatic N) is 2. The molecule has 0 spiro atoms. The van der Waals surface area contributed by atoms with Crippen LogP contribution in [-0.2, 0) is 6.54 Å². The lowest BCUT2D eigenvalue weighted by atomic mass is 10.2. The van der Waals surface area contributed by atoms with Gasteiger partial charge < -0.3 is 4.90 Å². The van der Waals surface area contributed by atoms with Gasteiger partial charge in [-0.05, 0) is 36.8 Å². The highest BCUT2D eigenvalue weighted by molar-refractivity contribution is 9.10. The number of benzene rings is 1. The van der Waals surface area contributed by atoms with E-state index in [0.29, 0.717) is 12.1 Å². The Balaban J connectivity index is 2.15. The van der Waals surface area contributed by atoms with Crippen LogP contribution in [0.4, 0.5) is 10.2 Å². The number of carbonyl (C=O) groups excluding carboxylic acids is 1. The second-order valence-electron chi connectivity index (χ2n) is 4.55. The smallest absolute Gasteiger partial charge is 0.161 e. The first-order valence-corrected chi connectivity index (χ1v) is 6.88. The third-order valence-corrected chi connectivity index (χ3v) is 3.71. The summed E-state index contributed by atoms with van der Waals surface area (Å²) in [7, 11) is 1.89. The number of hydrogen-bond acceptors (Lipinski definition) is 3. The summed E-state index contributed by atoms with van der Waals surface area (Å²) in [4.78, 5) is 17.4. The van der Waals surface area contributed by atoms with Gasteiger partial charge >= 0.3 is 0 Å². The zero-order valence-corrected chi connectivity index (χ0v) is 12.8. The van der Waals surface area contributed by atoms with Crippen molar-refractivity contribution in [3.63, 3.8) is 0 Å². The molecule has 2 rings (SSSR count). The topological polar surface area (TPSA) is 33.2 Å². The Hall–Kier alpha value is -1.75. The summed E-state index contributed by atoms with van der Waals surface area (Å²) in [6.45, 7) is 2.10. The number of Topliss-reactive ketones (excluding diaryl/α,β-unsaturated/α-hetero) is 1. The van der Waals surface area contributed by atoms with Crippen LogP contribution in [0.3, 0.4) is 0 Å². The Morgan fingerprint density at radius 2 is 2.10 bits per heavy atom. The predicted molar refractivity (Wildman–Crippen MR) is 80.4 cm³/mol. The second kappa shape index (κ2) is 6.13. The molecule has 0 saturated carbocycles. The minimum absolute atomic E-state index is 0.00650. The van der Waals surface area contributed by atoms with Crippen LogP contribution in [0.2, 0.25) is 0 Å². The third kappa shape index (κ3) is 3.42. The number of pyridine rings is 1. The summed E-state index contributed by atoms with van der Waals surface area (Å²) < 4.78 is 13.8. The summed E-state index contributed by atoms with van der Waals surface area (Å²) >= 11 is 3.35. The fourth-order valence-electron chi connectivity index (χ4n) is 1.81. The molecule has 0 radical (unpaired) electrons. The van der Waals surface area contributed by atoms with Gasteiger partial charge in [0.05, 0.1) is 0 Å². The number of rotatable bonds is 4. The van der Waals surface area contributed by atoms with Crippen LogP contribution in [0.1, 0.15) is 22.8 Å². The molecule has 0 atom stereocenters. The average Bonchev–Trinajstić information content (AvgIpc) is 2.42. The Morgan fingerprint density at radius 3 is 2.65 bits per heavy atom. The van der Waals surface area contributed by atoms with E-state index in [1.165, 1.54) is 19.1 Å². The molecule has 1 heterocycles. The maximum Gasteiger partial charge on any atom is 0.161 e. The van der Waals surface area contributed by atoms with Crippen molar-refractivity contribution in [2.45, 2.75) is 13.5 Å². The third-order valence-electron chi connectivity index (χ3n) is 2.97. The van der Waals surface area contributed by atoms with Crippen molar-refractivity contribution in [3.8, 4) is 0 Å². The van der Waals surface area contributed by atoms with Gasteiger partial charge in [0.25, 0.3) is 0 Å². The van der Waals surface area contributed by atoms with Gasteiger partial charge in [0.2, 0.25) is 0 Å². The van der Waals surface area contributed by atoms with E-state index in [-0.39, 0.29) is 11.6 Å². The van der Waals surface area contributed by atoms with Crippen LogP contribution in [0.25, 0.3) is 0 Å². The molecule has 0 aliphatic rings. The minimum Gasteiger partial charge on any atom is -0.355 e. The molecule has 0 unspecified atom stereocenters. The lowest BCUT2D eigenvalue weighted by Gasteiger charge is -2.19. The molecular weight excluding hydrogens is 323 g/mol. The van der Waals surface area contributed by atoms with Gasteiger partial charge in [-0.15, -0.1) is 0 Å². The quantitative estimate of drug-likeness (QED) is 0.795. The molecule has 20 heavy (non-hydrogen) atoms. The summed E-state index contributed by atoms with van der Waals surface area (Å²) in [6.07, 6.45) is 1.56. The monoisotopic (exact) mass is 336 g/mol. The van der Waals surface area contributed by atoms with Gasteiger partial charge in [0.1, 0.15) is 11.6 Å². The predicted octanol–water partition coefficient (Wildman–Crippen LogP) is 3.82. The Morgan fingerprint density at radius 1 is 1.35 bits per heavy atom. The highest BCUT2D eigenvalue weighted by Crippen LogP contribution is 2.21. The molecule has 0 N–H and O–H groups in total. The van der Waals surface area contributed by atoms with Crippen molar-refractivity contribution >= 4 is 27.5 Å². The molecular formula is C15H14BrFN2O. The molecule has 0 aliphatic carbocycles. The van der Waals surface area contributed by atoms with Crippen molar-refractivity contribution < 1.29 is 9.18 Å². The van der Waals surface area contributed by atoms with Crippen molar-refractivity contribution in [2.24, 2.45) is 0 Å². The molecule has 0 aliphatic heterocycles. The van der Waals surface area contributed by atoms with E-state index >= 15 is 0 Å². The average molecular weight is 337 g/mol. The number of carbonyl (C=O) groups is 1. The highest BCUT2D eigenvalue weighted by atomic mass is 79.9. The summed E-state index contributed by atoms with van der Waals surface area (Å²) in [5.41, 5.74) is 1.55. The van der Waals surface area contributed by atoms with E-state index < -0.39 is 0 Å².